The molecule has 1 fully saturated rings. The highest BCUT2D eigenvalue weighted by Crippen LogP contribution is 2.29. The molecule has 0 bridgehead atoms. The molecule has 1 aliphatic rings. The van der Waals surface area contributed by atoms with Gasteiger partial charge in [-0.2, -0.15) is 0 Å². The Balaban J connectivity index is 2.19. The summed E-state index contributed by atoms with van der Waals surface area (Å²) in [6.45, 7) is 4.03. The van der Waals surface area contributed by atoms with Gasteiger partial charge in [0.05, 0.1) is 11.1 Å². The van der Waals surface area contributed by atoms with E-state index in [1.165, 1.54) is 0 Å². The van der Waals surface area contributed by atoms with Gasteiger partial charge >= 0.3 is 5.97 Å². The minimum absolute atomic E-state index is 0.360. The molecule has 1 aromatic carbocycles. The summed E-state index contributed by atoms with van der Waals surface area (Å²) in [6, 6.07) is 7.59. The number of nitrogens with zero attached hydrogens (tertiary/aromatic N) is 1. The van der Waals surface area contributed by atoms with Gasteiger partial charge in [-0.3, -0.25) is 4.98 Å². The highest BCUT2D eigenvalue weighted by molar-refractivity contribution is 6.03. The van der Waals surface area contributed by atoms with Gasteiger partial charge in [0.1, 0.15) is 0 Å². The minimum Gasteiger partial charge on any atom is -0.478 e. The standard InChI is InChI=1S/C17H20N2O2/c1-2-11-4-3-5-13-14(17(20)21)10-15(19-16(11)13)12-6-8-18-9-7-12/h3-5,10,12,18H,2,6-9H2,1H3,(H,20,21). The highest BCUT2D eigenvalue weighted by Gasteiger charge is 2.20. The van der Waals surface area contributed by atoms with Crippen LogP contribution in [-0.4, -0.2) is 29.1 Å². The van der Waals surface area contributed by atoms with Crippen molar-refractivity contribution in [2.45, 2.75) is 32.1 Å². The first-order valence-corrected chi connectivity index (χ1v) is 7.57. The predicted octanol–water partition coefficient (Wildman–Crippen LogP) is 2.96. The van der Waals surface area contributed by atoms with Crippen molar-refractivity contribution < 1.29 is 9.90 Å². The van der Waals surface area contributed by atoms with Crippen molar-refractivity contribution in [2.24, 2.45) is 0 Å². The maximum Gasteiger partial charge on any atom is 0.336 e. The molecule has 0 aliphatic carbocycles. The smallest absolute Gasteiger partial charge is 0.336 e. The third-order valence-corrected chi connectivity index (χ3v) is 4.31. The monoisotopic (exact) mass is 284 g/mol. The maximum atomic E-state index is 11.6. The topological polar surface area (TPSA) is 62.2 Å². The van der Waals surface area contributed by atoms with Gasteiger partial charge in [-0.05, 0) is 44.0 Å². The molecule has 2 N–H and O–H groups in total. The summed E-state index contributed by atoms with van der Waals surface area (Å²) < 4.78 is 0. The van der Waals surface area contributed by atoms with Crippen LogP contribution in [0.4, 0.5) is 0 Å². The largest absolute Gasteiger partial charge is 0.478 e. The van der Waals surface area contributed by atoms with Gasteiger partial charge in [-0.15, -0.1) is 0 Å². The molecule has 1 saturated heterocycles. The summed E-state index contributed by atoms with van der Waals surface area (Å²) in [6.07, 6.45) is 2.90. The normalized spacial score (nSPS) is 16.2. The summed E-state index contributed by atoms with van der Waals surface area (Å²) in [5.41, 5.74) is 3.28. The van der Waals surface area contributed by atoms with Gasteiger partial charge in [0, 0.05) is 17.0 Å². The predicted molar refractivity (Wildman–Crippen MR) is 82.9 cm³/mol. The van der Waals surface area contributed by atoms with Gasteiger partial charge in [0.15, 0.2) is 0 Å². The number of para-hydroxylation sites is 1. The molecule has 4 nitrogen and oxygen atoms in total. The molecule has 4 heteroatoms. The lowest BCUT2D eigenvalue weighted by Gasteiger charge is -2.23. The molecule has 0 unspecified atom stereocenters. The van der Waals surface area contributed by atoms with Crippen molar-refractivity contribution in [3.63, 3.8) is 0 Å². The number of aromatic nitrogens is 1. The second-order valence-corrected chi connectivity index (χ2v) is 5.59. The molecule has 0 radical (unpaired) electrons. The van der Waals surface area contributed by atoms with Crippen LogP contribution in [0.1, 0.15) is 47.3 Å². The number of benzene rings is 1. The molecule has 2 aromatic rings. The number of carboxylic acids is 1. The second-order valence-electron chi connectivity index (χ2n) is 5.59. The molecule has 0 saturated carbocycles. The Labute approximate surface area is 124 Å². The van der Waals surface area contributed by atoms with Crippen molar-refractivity contribution in [3.8, 4) is 0 Å². The van der Waals surface area contributed by atoms with Gasteiger partial charge in [-0.1, -0.05) is 25.1 Å². The van der Waals surface area contributed by atoms with Crippen molar-refractivity contribution >= 4 is 16.9 Å². The van der Waals surface area contributed by atoms with E-state index in [0.29, 0.717) is 11.5 Å². The number of hydrogen-bond acceptors (Lipinski definition) is 3. The zero-order chi connectivity index (χ0) is 14.8. The Morgan fingerprint density at radius 1 is 1.38 bits per heavy atom. The van der Waals surface area contributed by atoms with Crippen LogP contribution >= 0.6 is 0 Å². The zero-order valence-electron chi connectivity index (χ0n) is 12.2. The van der Waals surface area contributed by atoms with Crippen LogP contribution in [0.25, 0.3) is 10.9 Å². The summed E-state index contributed by atoms with van der Waals surface area (Å²) in [5, 5.41) is 13.6. The quantitative estimate of drug-likeness (QED) is 0.909. The SMILES string of the molecule is CCc1cccc2c(C(=O)O)cc(C3CCNCC3)nc12. The first-order chi connectivity index (χ1) is 10.2. The number of piperidine rings is 1. The fraction of sp³-hybridized carbons (Fsp3) is 0.412. The van der Waals surface area contributed by atoms with Crippen molar-refractivity contribution in [3.05, 3.63) is 41.1 Å². The summed E-state index contributed by atoms with van der Waals surface area (Å²) in [7, 11) is 0. The van der Waals surface area contributed by atoms with Crippen molar-refractivity contribution in [1.82, 2.24) is 10.3 Å². The van der Waals surface area contributed by atoms with Crippen LogP contribution in [0.2, 0.25) is 0 Å². The Kier molecular flexibility index (Phi) is 3.88. The number of hydrogen-bond donors (Lipinski definition) is 2. The Hall–Kier alpha value is -1.94. The second kappa shape index (κ2) is 5.82. The molecular formula is C17H20N2O2. The molecule has 0 spiro atoms. The van der Waals surface area contributed by atoms with E-state index in [-0.39, 0.29) is 0 Å². The van der Waals surface area contributed by atoms with Gasteiger partial charge in [0.2, 0.25) is 0 Å². The molecule has 110 valence electrons. The highest BCUT2D eigenvalue weighted by atomic mass is 16.4. The minimum atomic E-state index is -0.870. The molecule has 2 heterocycles. The van der Waals surface area contributed by atoms with Crippen LogP contribution in [0.15, 0.2) is 24.3 Å². The number of fused-ring (bicyclic) bond motifs is 1. The molecule has 1 aliphatic heterocycles. The third kappa shape index (κ3) is 2.63. The Morgan fingerprint density at radius 2 is 2.14 bits per heavy atom. The molecular weight excluding hydrogens is 264 g/mol. The fourth-order valence-corrected chi connectivity index (χ4v) is 3.12. The Bertz CT molecular complexity index is 676. The van der Waals surface area contributed by atoms with Gasteiger partial charge in [0.25, 0.3) is 0 Å². The number of nitrogens with one attached hydrogen (secondary N) is 1. The number of carbonyl (C=O) groups is 1. The summed E-state index contributed by atoms with van der Waals surface area (Å²) in [4.78, 5) is 16.4. The average molecular weight is 284 g/mol. The van der Waals surface area contributed by atoms with Gasteiger partial charge in [-0.25, -0.2) is 4.79 Å². The lowest BCUT2D eigenvalue weighted by atomic mass is 9.92. The van der Waals surface area contributed by atoms with Crippen LogP contribution in [0.5, 0.6) is 0 Å². The number of rotatable bonds is 3. The molecule has 3 rings (SSSR count). The van der Waals surface area contributed by atoms with Crippen LogP contribution < -0.4 is 5.32 Å². The number of pyridine rings is 1. The fourth-order valence-electron chi connectivity index (χ4n) is 3.12. The van der Waals surface area contributed by atoms with Crippen molar-refractivity contribution in [2.75, 3.05) is 13.1 Å². The first kappa shape index (κ1) is 14.0. The lowest BCUT2D eigenvalue weighted by Crippen LogP contribution is -2.27. The van der Waals surface area contributed by atoms with E-state index in [2.05, 4.69) is 12.2 Å². The number of aromatic carboxylic acids is 1. The maximum absolute atomic E-state index is 11.6. The first-order valence-electron chi connectivity index (χ1n) is 7.57. The van der Waals surface area contributed by atoms with E-state index in [1.807, 2.05) is 18.2 Å². The molecule has 0 amide bonds. The molecule has 1 aromatic heterocycles. The number of aryl methyl sites for hydroxylation is 1. The lowest BCUT2D eigenvalue weighted by molar-refractivity contribution is 0.0699. The molecule has 0 atom stereocenters. The summed E-state index contributed by atoms with van der Waals surface area (Å²) in [5.74, 6) is -0.510. The molecule has 21 heavy (non-hydrogen) atoms. The van der Waals surface area contributed by atoms with Gasteiger partial charge < -0.3 is 10.4 Å². The van der Waals surface area contributed by atoms with E-state index in [0.717, 1.165) is 54.5 Å². The number of carboxylic acid groups (broad SMARTS) is 1. The van der Waals surface area contributed by atoms with E-state index < -0.39 is 5.97 Å². The van der Waals surface area contributed by atoms with Crippen LogP contribution in [0, 0.1) is 0 Å². The van der Waals surface area contributed by atoms with E-state index in [1.54, 1.807) is 6.07 Å². The van der Waals surface area contributed by atoms with E-state index >= 15 is 0 Å². The van der Waals surface area contributed by atoms with Crippen molar-refractivity contribution in [1.29, 1.82) is 0 Å². The third-order valence-electron chi connectivity index (χ3n) is 4.31. The Morgan fingerprint density at radius 3 is 2.81 bits per heavy atom. The van der Waals surface area contributed by atoms with Crippen LogP contribution in [-0.2, 0) is 6.42 Å². The average Bonchev–Trinajstić information content (AvgIpc) is 2.53. The van der Waals surface area contributed by atoms with E-state index in [9.17, 15) is 9.90 Å². The zero-order valence-corrected chi connectivity index (χ0v) is 12.2. The van der Waals surface area contributed by atoms with Crippen LogP contribution in [0.3, 0.4) is 0 Å². The summed E-state index contributed by atoms with van der Waals surface area (Å²) >= 11 is 0. The van der Waals surface area contributed by atoms with E-state index in [4.69, 9.17) is 4.98 Å².